The molecule has 0 unspecified atom stereocenters. The van der Waals surface area contributed by atoms with Gasteiger partial charge in [0.1, 0.15) is 12.2 Å². The van der Waals surface area contributed by atoms with Crippen LogP contribution in [0.5, 0.6) is 0 Å². The van der Waals surface area contributed by atoms with Crippen molar-refractivity contribution >= 4 is 11.9 Å². The number of ether oxygens (including phenoxy) is 4. The molecule has 4 rings (SSSR count). The average Bonchev–Trinajstić information content (AvgIpc) is 3.30. The maximum absolute atomic E-state index is 14.2. The molecular weight excluding hydrogens is 429 g/mol. The molecule has 1 saturated heterocycles. The van der Waals surface area contributed by atoms with Crippen molar-refractivity contribution in [3.8, 4) is 0 Å². The summed E-state index contributed by atoms with van der Waals surface area (Å²) in [5, 5.41) is 0. The highest BCUT2D eigenvalue weighted by Gasteiger charge is 2.65. The fourth-order valence-corrected chi connectivity index (χ4v) is 3.97. The molecule has 2 aliphatic heterocycles. The molecule has 6 nitrogen and oxygen atoms in total. The second kappa shape index (κ2) is 8.07. The number of carbonyl (C=O) groups is 2. The lowest BCUT2D eigenvalue weighted by Crippen LogP contribution is -2.52. The van der Waals surface area contributed by atoms with Crippen LogP contribution in [0.25, 0.3) is 0 Å². The van der Waals surface area contributed by atoms with Crippen LogP contribution in [0.2, 0.25) is 0 Å². The van der Waals surface area contributed by atoms with Gasteiger partial charge in [-0.15, -0.1) is 0 Å². The lowest BCUT2D eigenvalue weighted by molar-refractivity contribution is -0.278. The minimum Gasteiger partial charge on any atom is -0.456 e. The van der Waals surface area contributed by atoms with Crippen LogP contribution in [-0.4, -0.2) is 37.1 Å². The van der Waals surface area contributed by atoms with Gasteiger partial charge in [-0.25, -0.2) is 9.59 Å². The molecule has 0 aliphatic carbocycles. The standard InChI is InChI=1S/C23H19F3O6/c1-29-22(23(24,25)26,16-10-6-3-7-11-16)20(28)30-17-14-21(13-12-18(27)31-21)32-19(17)15-8-4-2-5-9-15/h2-13,17,19H,14H2,1H3/t17-,19+,21-,22+/m0/s1. The van der Waals surface area contributed by atoms with Crippen LogP contribution in [0.1, 0.15) is 23.7 Å². The lowest BCUT2D eigenvalue weighted by Gasteiger charge is -2.33. The highest BCUT2D eigenvalue weighted by molar-refractivity contribution is 5.85. The minimum absolute atomic E-state index is 0.174. The molecule has 0 amide bonds. The number of methoxy groups -OCH3 is 1. The first-order valence-electron chi connectivity index (χ1n) is 9.74. The van der Waals surface area contributed by atoms with Crippen LogP contribution in [0.15, 0.2) is 72.8 Å². The van der Waals surface area contributed by atoms with Gasteiger partial charge in [-0.3, -0.25) is 0 Å². The third kappa shape index (κ3) is 3.67. The van der Waals surface area contributed by atoms with Crippen LogP contribution < -0.4 is 0 Å². The fraction of sp³-hybridized carbons (Fsp3) is 0.304. The molecule has 2 aromatic rings. The predicted molar refractivity (Wildman–Crippen MR) is 104 cm³/mol. The Balaban J connectivity index is 1.70. The molecule has 2 aliphatic rings. The first kappa shape index (κ1) is 22.0. The SMILES string of the molecule is CO[C@@](C(=O)O[C@H]1C[C@]2(C=CC(=O)O2)O[C@@H]1c1ccccc1)(c1ccccc1)C(F)(F)F. The molecule has 0 aromatic heterocycles. The van der Waals surface area contributed by atoms with E-state index in [2.05, 4.69) is 0 Å². The van der Waals surface area contributed by atoms with Crippen molar-refractivity contribution < 1.29 is 41.7 Å². The molecule has 0 saturated carbocycles. The van der Waals surface area contributed by atoms with Crippen molar-refractivity contribution in [2.24, 2.45) is 0 Å². The fourth-order valence-electron chi connectivity index (χ4n) is 3.97. The van der Waals surface area contributed by atoms with E-state index in [0.29, 0.717) is 5.56 Å². The Hall–Kier alpha value is -3.17. The molecular formula is C23H19F3O6. The van der Waals surface area contributed by atoms with Crippen LogP contribution in [0.3, 0.4) is 0 Å². The van der Waals surface area contributed by atoms with Crippen molar-refractivity contribution in [2.45, 2.75) is 36.2 Å². The van der Waals surface area contributed by atoms with E-state index in [1.54, 1.807) is 30.3 Å². The summed E-state index contributed by atoms with van der Waals surface area (Å²) in [6.45, 7) is 0. The normalized spacial score (nSPS) is 26.7. The second-order valence-electron chi connectivity index (χ2n) is 7.41. The molecule has 4 atom stereocenters. The summed E-state index contributed by atoms with van der Waals surface area (Å²) in [7, 11) is 0.796. The molecule has 1 spiro atoms. The van der Waals surface area contributed by atoms with E-state index in [4.69, 9.17) is 18.9 Å². The molecule has 168 valence electrons. The van der Waals surface area contributed by atoms with Crippen LogP contribution >= 0.6 is 0 Å². The number of halogens is 3. The summed E-state index contributed by atoms with van der Waals surface area (Å²) in [4.78, 5) is 24.7. The zero-order valence-electron chi connectivity index (χ0n) is 16.9. The minimum atomic E-state index is -5.11. The number of hydrogen-bond acceptors (Lipinski definition) is 6. The van der Waals surface area contributed by atoms with E-state index >= 15 is 0 Å². The summed E-state index contributed by atoms with van der Waals surface area (Å²) in [6.07, 6.45) is -4.91. The summed E-state index contributed by atoms with van der Waals surface area (Å²) >= 11 is 0. The van der Waals surface area contributed by atoms with Crippen LogP contribution in [0.4, 0.5) is 13.2 Å². The number of hydrogen-bond donors (Lipinski definition) is 0. The zero-order chi connectivity index (χ0) is 23.0. The third-order valence-electron chi connectivity index (χ3n) is 5.46. The summed E-state index contributed by atoms with van der Waals surface area (Å²) in [6, 6.07) is 15.0. The molecule has 0 N–H and O–H groups in total. The smallest absolute Gasteiger partial charge is 0.432 e. The average molecular weight is 448 g/mol. The van der Waals surface area contributed by atoms with Gasteiger partial charge >= 0.3 is 18.1 Å². The first-order valence-corrected chi connectivity index (χ1v) is 9.74. The third-order valence-corrected chi connectivity index (χ3v) is 5.46. The lowest BCUT2D eigenvalue weighted by atomic mass is 9.92. The maximum atomic E-state index is 14.2. The van der Waals surface area contributed by atoms with Gasteiger partial charge < -0.3 is 18.9 Å². The number of carbonyl (C=O) groups excluding carboxylic acids is 2. The molecule has 2 aromatic carbocycles. The second-order valence-corrected chi connectivity index (χ2v) is 7.41. The van der Waals surface area contributed by atoms with Crippen LogP contribution in [-0.2, 0) is 34.1 Å². The molecule has 0 bridgehead atoms. The Morgan fingerprint density at radius 1 is 1.06 bits per heavy atom. The van der Waals surface area contributed by atoms with E-state index in [1.807, 2.05) is 0 Å². The highest BCUT2D eigenvalue weighted by atomic mass is 19.4. The van der Waals surface area contributed by atoms with Gasteiger partial charge in [-0.2, -0.15) is 13.2 Å². The molecule has 32 heavy (non-hydrogen) atoms. The largest absolute Gasteiger partial charge is 0.456 e. The van der Waals surface area contributed by atoms with Gasteiger partial charge in [0.15, 0.2) is 0 Å². The Morgan fingerprint density at radius 2 is 1.69 bits per heavy atom. The van der Waals surface area contributed by atoms with Crippen molar-refractivity contribution in [3.05, 3.63) is 83.9 Å². The van der Waals surface area contributed by atoms with E-state index in [1.165, 1.54) is 24.3 Å². The summed E-state index contributed by atoms with van der Waals surface area (Å²) in [5.74, 6) is -3.82. The monoisotopic (exact) mass is 448 g/mol. The summed E-state index contributed by atoms with van der Waals surface area (Å²) < 4.78 is 63.9. The molecule has 2 heterocycles. The topological polar surface area (TPSA) is 71.1 Å². The van der Waals surface area contributed by atoms with Gasteiger partial charge in [0.2, 0.25) is 5.79 Å². The maximum Gasteiger partial charge on any atom is 0.432 e. The Labute approximate surface area is 181 Å². The van der Waals surface area contributed by atoms with E-state index in [0.717, 1.165) is 25.3 Å². The number of esters is 2. The van der Waals surface area contributed by atoms with Crippen LogP contribution in [0, 0.1) is 0 Å². The van der Waals surface area contributed by atoms with Crippen molar-refractivity contribution in [1.29, 1.82) is 0 Å². The predicted octanol–water partition coefficient (Wildman–Crippen LogP) is 3.97. The number of rotatable bonds is 5. The molecule has 9 heteroatoms. The van der Waals surface area contributed by atoms with Gasteiger partial charge in [0.05, 0.1) is 6.42 Å². The Bertz CT molecular complexity index is 1020. The van der Waals surface area contributed by atoms with E-state index in [-0.39, 0.29) is 6.42 Å². The Kier molecular flexibility index (Phi) is 5.56. The highest BCUT2D eigenvalue weighted by Crippen LogP contribution is 2.48. The van der Waals surface area contributed by atoms with Gasteiger partial charge in [-0.1, -0.05) is 60.7 Å². The van der Waals surface area contributed by atoms with Crippen molar-refractivity contribution in [1.82, 2.24) is 0 Å². The first-order chi connectivity index (χ1) is 15.2. The van der Waals surface area contributed by atoms with Crippen molar-refractivity contribution in [3.63, 3.8) is 0 Å². The van der Waals surface area contributed by atoms with Crippen molar-refractivity contribution in [2.75, 3.05) is 7.11 Å². The van der Waals surface area contributed by atoms with Gasteiger partial charge in [0, 0.05) is 18.7 Å². The van der Waals surface area contributed by atoms with Gasteiger partial charge in [-0.05, 0) is 11.6 Å². The quantitative estimate of drug-likeness (QED) is 0.645. The van der Waals surface area contributed by atoms with E-state index < -0.39 is 47.3 Å². The molecule has 1 fully saturated rings. The van der Waals surface area contributed by atoms with E-state index in [9.17, 15) is 22.8 Å². The summed E-state index contributed by atoms with van der Waals surface area (Å²) in [5.41, 5.74) is -3.21. The van der Waals surface area contributed by atoms with Gasteiger partial charge in [0.25, 0.3) is 5.60 Å². The number of alkyl halides is 3. The zero-order valence-corrected chi connectivity index (χ0v) is 16.9. The number of benzene rings is 2. The Morgan fingerprint density at radius 3 is 2.22 bits per heavy atom. The molecule has 0 radical (unpaired) electrons.